The van der Waals surface area contributed by atoms with Crippen LogP contribution in [0.4, 0.5) is 10.5 Å². The molecule has 0 unspecified atom stereocenters. The molecule has 0 aliphatic heterocycles. The maximum Gasteiger partial charge on any atom is 0.412 e. The Kier molecular flexibility index (Phi) is 4.64. The zero-order valence-electron chi connectivity index (χ0n) is 11.3. The van der Waals surface area contributed by atoms with Crippen molar-refractivity contribution in [3.8, 4) is 0 Å². The summed E-state index contributed by atoms with van der Waals surface area (Å²) in [5.74, 6) is -0.629. The van der Waals surface area contributed by atoms with E-state index in [9.17, 15) is 14.7 Å². The van der Waals surface area contributed by atoms with Crippen LogP contribution in [0, 0.1) is 0 Å². The number of amides is 2. The number of carbonyl (C=O) groups is 2. The quantitative estimate of drug-likeness (QED) is 0.886. The molecule has 1 fully saturated rings. The van der Waals surface area contributed by atoms with E-state index in [1.165, 1.54) is 18.2 Å². The third kappa shape index (κ3) is 2.94. The number of nitrogens with zero attached hydrogens (tertiary/aromatic N) is 1. The molecule has 1 aromatic rings. The van der Waals surface area contributed by atoms with Gasteiger partial charge in [-0.1, -0.05) is 42.5 Å². The summed E-state index contributed by atoms with van der Waals surface area (Å²) >= 11 is 11.8. The van der Waals surface area contributed by atoms with Gasteiger partial charge >= 0.3 is 6.09 Å². The number of rotatable bonds is 3. The van der Waals surface area contributed by atoms with Crippen molar-refractivity contribution in [2.24, 2.45) is 5.73 Å². The topological polar surface area (TPSA) is 83.6 Å². The third-order valence-corrected chi connectivity index (χ3v) is 4.66. The third-order valence-electron chi connectivity index (χ3n) is 3.92. The molecule has 0 bridgehead atoms. The second-order valence-electron chi connectivity index (χ2n) is 5.17. The number of halogens is 2. The van der Waals surface area contributed by atoms with Gasteiger partial charge in [0.1, 0.15) is 5.54 Å². The van der Waals surface area contributed by atoms with E-state index in [4.69, 9.17) is 28.9 Å². The van der Waals surface area contributed by atoms with Crippen LogP contribution in [0.3, 0.4) is 0 Å². The SMILES string of the molecule is NC(=O)C1(N(C(=O)O)c2ccc(Cl)c(Cl)c2)CCCCC1. The molecular formula is C14H16Cl2N2O3. The summed E-state index contributed by atoms with van der Waals surface area (Å²) in [7, 11) is 0. The van der Waals surface area contributed by atoms with Crippen molar-refractivity contribution in [2.45, 2.75) is 37.6 Å². The van der Waals surface area contributed by atoms with Crippen molar-refractivity contribution < 1.29 is 14.7 Å². The fourth-order valence-electron chi connectivity index (χ4n) is 2.88. The Labute approximate surface area is 132 Å². The highest BCUT2D eigenvalue weighted by molar-refractivity contribution is 6.42. The van der Waals surface area contributed by atoms with Crippen LogP contribution >= 0.6 is 23.2 Å². The van der Waals surface area contributed by atoms with Crippen LogP contribution in [-0.4, -0.2) is 22.6 Å². The maximum absolute atomic E-state index is 12.0. The van der Waals surface area contributed by atoms with E-state index >= 15 is 0 Å². The number of nitrogens with two attached hydrogens (primary N) is 1. The van der Waals surface area contributed by atoms with Crippen molar-refractivity contribution in [1.82, 2.24) is 0 Å². The highest BCUT2D eigenvalue weighted by Gasteiger charge is 2.46. The summed E-state index contributed by atoms with van der Waals surface area (Å²) < 4.78 is 0. The van der Waals surface area contributed by atoms with E-state index in [1.54, 1.807) is 0 Å². The largest absolute Gasteiger partial charge is 0.465 e. The zero-order valence-corrected chi connectivity index (χ0v) is 12.8. The van der Waals surface area contributed by atoms with Crippen molar-refractivity contribution in [3.05, 3.63) is 28.2 Å². The molecule has 1 aliphatic rings. The predicted molar refractivity (Wildman–Crippen MR) is 82.0 cm³/mol. The number of primary amides is 1. The molecule has 5 nitrogen and oxygen atoms in total. The average Bonchev–Trinajstić information content (AvgIpc) is 2.43. The molecule has 0 saturated heterocycles. The molecule has 1 saturated carbocycles. The van der Waals surface area contributed by atoms with E-state index in [1.807, 2.05) is 0 Å². The van der Waals surface area contributed by atoms with Gasteiger partial charge in [-0.05, 0) is 31.0 Å². The smallest absolute Gasteiger partial charge is 0.412 e. The molecule has 1 aromatic carbocycles. The van der Waals surface area contributed by atoms with Crippen LogP contribution < -0.4 is 10.6 Å². The van der Waals surface area contributed by atoms with Gasteiger partial charge in [-0.2, -0.15) is 0 Å². The molecule has 0 atom stereocenters. The summed E-state index contributed by atoms with van der Waals surface area (Å²) in [6.45, 7) is 0. The summed E-state index contributed by atoms with van der Waals surface area (Å²) in [4.78, 5) is 24.8. The number of benzene rings is 1. The summed E-state index contributed by atoms with van der Waals surface area (Å²) in [5, 5.41) is 10.1. The van der Waals surface area contributed by atoms with Crippen LogP contribution in [0.15, 0.2) is 18.2 Å². The van der Waals surface area contributed by atoms with Crippen molar-refractivity contribution in [3.63, 3.8) is 0 Å². The van der Waals surface area contributed by atoms with Gasteiger partial charge in [0.05, 0.1) is 10.0 Å². The van der Waals surface area contributed by atoms with Gasteiger partial charge < -0.3 is 10.8 Å². The van der Waals surface area contributed by atoms with Gasteiger partial charge in [0.25, 0.3) is 0 Å². The lowest BCUT2D eigenvalue weighted by atomic mass is 9.79. The lowest BCUT2D eigenvalue weighted by molar-refractivity contribution is -0.124. The number of hydrogen-bond acceptors (Lipinski definition) is 2. The minimum atomic E-state index is -1.23. The molecule has 1 aliphatic carbocycles. The lowest BCUT2D eigenvalue weighted by Gasteiger charge is -2.42. The fraction of sp³-hybridized carbons (Fsp3) is 0.429. The second kappa shape index (κ2) is 6.12. The van der Waals surface area contributed by atoms with Crippen LogP contribution in [-0.2, 0) is 4.79 Å². The Bertz CT molecular complexity index is 571. The van der Waals surface area contributed by atoms with Crippen LogP contribution in [0.25, 0.3) is 0 Å². The Morgan fingerprint density at radius 1 is 1.14 bits per heavy atom. The molecule has 0 aromatic heterocycles. The number of carboxylic acid groups (broad SMARTS) is 1. The highest BCUT2D eigenvalue weighted by atomic mass is 35.5. The van der Waals surface area contributed by atoms with Gasteiger partial charge in [-0.25, -0.2) is 4.79 Å². The van der Waals surface area contributed by atoms with Crippen LogP contribution in [0.5, 0.6) is 0 Å². The lowest BCUT2D eigenvalue weighted by Crippen LogP contribution is -2.60. The molecule has 0 radical (unpaired) electrons. The molecule has 2 amide bonds. The molecule has 0 spiro atoms. The standard InChI is InChI=1S/C14H16Cl2N2O3/c15-10-5-4-9(8-11(10)16)18(13(20)21)14(12(17)19)6-2-1-3-7-14/h4-5,8H,1-3,6-7H2,(H2,17,19)(H,20,21). The Hall–Kier alpha value is -1.46. The molecule has 0 heterocycles. The molecule has 7 heteroatoms. The van der Waals surface area contributed by atoms with Crippen molar-refractivity contribution in [2.75, 3.05) is 4.90 Å². The Morgan fingerprint density at radius 3 is 2.24 bits per heavy atom. The van der Waals surface area contributed by atoms with Gasteiger partial charge in [0.2, 0.25) is 5.91 Å². The monoisotopic (exact) mass is 330 g/mol. The zero-order chi connectivity index (χ0) is 15.6. The van der Waals surface area contributed by atoms with E-state index in [-0.39, 0.29) is 5.02 Å². The average molecular weight is 331 g/mol. The van der Waals surface area contributed by atoms with E-state index in [0.717, 1.165) is 24.2 Å². The highest BCUT2D eigenvalue weighted by Crippen LogP contribution is 2.38. The van der Waals surface area contributed by atoms with E-state index in [0.29, 0.717) is 23.6 Å². The van der Waals surface area contributed by atoms with Crippen molar-refractivity contribution in [1.29, 1.82) is 0 Å². The predicted octanol–water partition coefficient (Wildman–Crippen LogP) is 3.67. The maximum atomic E-state index is 12.0. The normalized spacial score (nSPS) is 17.2. The van der Waals surface area contributed by atoms with E-state index < -0.39 is 17.5 Å². The van der Waals surface area contributed by atoms with Gasteiger partial charge in [0, 0.05) is 5.69 Å². The van der Waals surface area contributed by atoms with Gasteiger partial charge in [-0.3, -0.25) is 9.69 Å². The molecule has 21 heavy (non-hydrogen) atoms. The first-order chi connectivity index (χ1) is 9.88. The molecule has 2 rings (SSSR count). The summed E-state index contributed by atoms with van der Waals surface area (Å²) in [6, 6.07) is 4.48. The first-order valence-corrected chi connectivity index (χ1v) is 7.42. The minimum Gasteiger partial charge on any atom is -0.465 e. The Morgan fingerprint density at radius 2 is 1.76 bits per heavy atom. The first kappa shape index (κ1) is 15.9. The minimum absolute atomic E-state index is 0.232. The van der Waals surface area contributed by atoms with E-state index in [2.05, 4.69) is 0 Å². The molecule has 3 N–H and O–H groups in total. The second-order valence-corrected chi connectivity index (χ2v) is 5.99. The number of hydrogen-bond donors (Lipinski definition) is 2. The van der Waals surface area contributed by atoms with Gasteiger partial charge in [0.15, 0.2) is 0 Å². The van der Waals surface area contributed by atoms with Crippen LogP contribution in [0.2, 0.25) is 10.0 Å². The number of carbonyl (C=O) groups excluding carboxylic acids is 1. The fourth-order valence-corrected chi connectivity index (χ4v) is 3.17. The van der Waals surface area contributed by atoms with Crippen molar-refractivity contribution >= 4 is 40.9 Å². The Balaban J connectivity index is 2.52. The van der Waals surface area contributed by atoms with Crippen LogP contribution in [0.1, 0.15) is 32.1 Å². The number of anilines is 1. The molecule has 114 valence electrons. The van der Waals surface area contributed by atoms with Gasteiger partial charge in [-0.15, -0.1) is 0 Å². The molecular weight excluding hydrogens is 315 g/mol. The first-order valence-electron chi connectivity index (χ1n) is 6.66. The summed E-state index contributed by atoms with van der Waals surface area (Å²) in [5.41, 5.74) is 4.63. The summed E-state index contributed by atoms with van der Waals surface area (Å²) in [6.07, 6.45) is 2.07.